The summed E-state index contributed by atoms with van der Waals surface area (Å²) in [5, 5.41) is 0.845. The number of nitrogens with one attached hydrogen (secondary N) is 1. The maximum absolute atomic E-state index is 12.9. The maximum Gasteiger partial charge on any atom is 0.243 e. The van der Waals surface area contributed by atoms with E-state index in [-0.39, 0.29) is 10.9 Å². The average molecular weight is 330 g/mol. The minimum atomic E-state index is -3.61. The van der Waals surface area contributed by atoms with Crippen molar-refractivity contribution in [2.24, 2.45) is 0 Å². The van der Waals surface area contributed by atoms with Gasteiger partial charge in [0.1, 0.15) is 4.90 Å². The first-order valence-electron chi connectivity index (χ1n) is 8.04. The molecule has 0 bridgehead atoms. The van der Waals surface area contributed by atoms with Gasteiger partial charge in [-0.3, -0.25) is 4.98 Å². The fraction of sp³-hybridized carbons (Fsp3) is 0.389. The van der Waals surface area contributed by atoms with E-state index in [0.29, 0.717) is 5.52 Å². The molecule has 1 unspecified atom stereocenters. The van der Waals surface area contributed by atoms with Crippen molar-refractivity contribution in [3.05, 3.63) is 47.7 Å². The van der Waals surface area contributed by atoms with Crippen LogP contribution in [0.4, 0.5) is 0 Å². The molecule has 0 aliphatic heterocycles. The summed E-state index contributed by atoms with van der Waals surface area (Å²) in [6, 6.07) is 7.18. The second-order valence-corrected chi connectivity index (χ2v) is 7.89. The number of hydrogen-bond donors (Lipinski definition) is 1. The molecule has 1 aromatic carbocycles. The van der Waals surface area contributed by atoms with Gasteiger partial charge < -0.3 is 0 Å². The molecule has 1 N–H and O–H groups in total. The molecule has 1 aliphatic rings. The summed E-state index contributed by atoms with van der Waals surface area (Å²) in [6.07, 6.45) is 8.13. The van der Waals surface area contributed by atoms with Crippen LogP contribution in [0.1, 0.15) is 38.2 Å². The van der Waals surface area contributed by atoms with E-state index in [2.05, 4.69) is 15.8 Å². The van der Waals surface area contributed by atoms with Crippen molar-refractivity contribution in [3.63, 3.8) is 0 Å². The van der Waals surface area contributed by atoms with Gasteiger partial charge in [0, 0.05) is 17.6 Å². The number of fused-ring (bicyclic) bond motifs is 1. The minimum absolute atomic E-state index is 0.181. The quantitative estimate of drug-likeness (QED) is 0.869. The zero-order valence-corrected chi connectivity index (χ0v) is 14.4. The largest absolute Gasteiger partial charge is 0.255 e. The van der Waals surface area contributed by atoms with Crippen molar-refractivity contribution in [3.8, 4) is 0 Å². The fourth-order valence-corrected chi connectivity index (χ4v) is 4.65. The summed E-state index contributed by atoms with van der Waals surface area (Å²) >= 11 is 0. The molecule has 0 saturated heterocycles. The highest BCUT2D eigenvalue weighted by Gasteiger charge is 2.23. The number of aryl methyl sites for hydroxylation is 1. The summed E-state index contributed by atoms with van der Waals surface area (Å²) in [5.74, 6) is 0. The number of nitrogens with zero attached hydrogens (tertiary/aromatic N) is 1. The van der Waals surface area contributed by atoms with E-state index in [1.54, 1.807) is 12.3 Å². The molecule has 23 heavy (non-hydrogen) atoms. The molecule has 0 fully saturated rings. The van der Waals surface area contributed by atoms with Crippen LogP contribution >= 0.6 is 0 Å². The SMILES string of the molecule is Cc1cc(S(=O)(=O)NC(C)C2=CCCCC2)c2ncccc2c1. The Bertz CT molecular complexity index is 856. The summed E-state index contributed by atoms with van der Waals surface area (Å²) < 4.78 is 28.6. The zero-order valence-electron chi connectivity index (χ0n) is 13.5. The lowest BCUT2D eigenvalue weighted by atomic mass is 9.95. The third-order valence-electron chi connectivity index (χ3n) is 4.32. The molecular weight excluding hydrogens is 308 g/mol. The van der Waals surface area contributed by atoms with Crippen molar-refractivity contribution >= 4 is 20.9 Å². The van der Waals surface area contributed by atoms with Crippen molar-refractivity contribution in [1.29, 1.82) is 0 Å². The number of aromatic nitrogens is 1. The molecule has 0 radical (unpaired) electrons. The molecule has 3 rings (SSSR count). The van der Waals surface area contributed by atoms with Gasteiger partial charge in [0.2, 0.25) is 10.0 Å². The number of rotatable bonds is 4. The van der Waals surface area contributed by atoms with E-state index in [9.17, 15) is 8.42 Å². The molecule has 1 atom stereocenters. The molecule has 2 aromatic rings. The Morgan fingerprint density at radius 2 is 2.09 bits per heavy atom. The lowest BCUT2D eigenvalue weighted by Crippen LogP contribution is -2.34. The highest BCUT2D eigenvalue weighted by Crippen LogP contribution is 2.25. The van der Waals surface area contributed by atoms with Crippen LogP contribution in [0.15, 0.2) is 47.0 Å². The molecule has 5 heteroatoms. The van der Waals surface area contributed by atoms with Gasteiger partial charge in [0.25, 0.3) is 0 Å². The predicted molar refractivity (Wildman–Crippen MR) is 92.8 cm³/mol. The molecule has 4 nitrogen and oxygen atoms in total. The van der Waals surface area contributed by atoms with Crippen LogP contribution in [0, 0.1) is 6.92 Å². The highest BCUT2D eigenvalue weighted by atomic mass is 32.2. The van der Waals surface area contributed by atoms with Crippen molar-refractivity contribution in [2.45, 2.75) is 50.5 Å². The van der Waals surface area contributed by atoms with Crippen LogP contribution in [-0.4, -0.2) is 19.4 Å². The first kappa shape index (κ1) is 16.1. The highest BCUT2D eigenvalue weighted by molar-refractivity contribution is 7.89. The first-order chi connectivity index (χ1) is 11.0. The van der Waals surface area contributed by atoms with Gasteiger partial charge in [0.05, 0.1) is 5.52 Å². The molecule has 1 heterocycles. The first-order valence-corrected chi connectivity index (χ1v) is 9.52. The third kappa shape index (κ3) is 3.46. The zero-order chi connectivity index (χ0) is 16.4. The van der Waals surface area contributed by atoms with E-state index in [4.69, 9.17) is 0 Å². The molecule has 0 amide bonds. The summed E-state index contributed by atoms with van der Waals surface area (Å²) in [5.41, 5.74) is 2.62. The summed E-state index contributed by atoms with van der Waals surface area (Å²) in [7, 11) is -3.61. The van der Waals surface area contributed by atoms with Gasteiger partial charge in [-0.25, -0.2) is 13.1 Å². The van der Waals surface area contributed by atoms with Crippen LogP contribution < -0.4 is 4.72 Å². The predicted octanol–water partition coefficient (Wildman–Crippen LogP) is 3.71. The Labute approximate surface area is 137 Å². The Hall–Kier alpha value is -1.72. The van der Waals surface area contributed by atoms with E-state index < -0.39 is 10.0 Å². The number of sulfonamides is 1. The number of allylic oxidation sites excluding steroid dienone is 1. The normalized spacial score (nSPS) is 17.0. The smallest absolute Gasteiger partial charge is 0.243 e. The Morgan fingerprint density at radius 3 is 2.83 bits per heavy atom. The molecule has 0 spiro atoms. The molecule has 0 saturated carbocycles. The second kappa shape index (κ2) is 6.42. The number of hydrogen-bond acceptors (Lipinski definition) is 3. The van der Waals surface area contributed by atoms with E-state index in [1.807, 2.05) is 32.0 Å². The van der Waals surface area contributed by atoms with Crippen LogP contribution in [0.5, 0.6) is 0 Å². The van der Waals surface area contributed by atoms with Gasteiger partial charge in [-0.05, 0) is 63.3 Å². The van der Waals surface area contributed by atoms with Gasteiger partial charge in [-0.2, -0.15) is 0 Å². The van der Waals surface area contributed by atoms with Gasteiger partial charge in [-0.15, -0.1) is 0 Å². The summed E-state index contributed by atoms with van der Waals surface area (Å²) in [6.45, 7) is 3.82. The fourth-order valence-electron chi connectivity index (χ4n) is 3.14. The van der Waals surface area contributed by atoms with Crippen LogP contribution in [0.3, 0.4) is 0 Å². The average Bonchev–Trinajstić information content (AvgIpc) is 2.54. The van der Waals surface area contributed by atoms with Gasteiger partial charge >= 0.3 is 0 Å². The van der Waals surface area contributed by atoms with E-state index in [1.165, 1.54) is 12.0 Å². The molecule has 1 aliphatic carbocycles. The monoisotopic (exact) mass is 330 g/mol. The van der Waals surface area contributed by atoms with Crippen molar-refractivity contribution in [2.75, 3.05) is 0 Å². The van der Waals surface area contributed by atoms with Crippen molar-refractivity contribution in [1.82, 2.24) is 9.71 Å². The third-order valence-corrected chi connectivity index (χ3v) is 5.87. The molecule has 1 aromatic heterocycles. The lowest BCUT2D eigenvalue weighted by Gasteiger charge is -2.21. The molecular formula is C18H22N2O2S. The van der Waals surface area contributed by atoms with Crippen LogP contribution in [0.2, 0.25) is 0 Å². The minimum Gasteiger partial charge on any atom is -0.255 e. The van der Waals surface area contributed by atoms with Gasteiger partial charge in [-0.1, -0.05) is 17.7 Å². The maximum atomic E-state index is 12.9. The Morgan fingerprint density at radius 1 is 1.26 bits per heavy atom. The Balaban J connectivity index is 1.98. The molecule has 122 valence electrons. The number of benzene rings is 1. The second-order valence-electron chi connectivity index (χ2n) is 6.21. The summed E-state index contributed by atoms with van der Waals surface area (Å²) in [4.78, 5) is 4.54. The Kier molecular flexibility index (Phi) is 4.50. The van der Waals surface area contributed by atoms with Gasteiger partial charge in [0.15, 0.2) is 0 Å². The number of pyridine rings is 1. The van der Waals surface area contributed by atoms with E-state index >= 15 is 0 Å². The van der Waals surface area contributed by atoms with Crippen molar-refractivity contribution < 1.29 is 8.42 Å². The van der Waals surface area contributed by atoms with Crippen LogP contribution in [-0.2, 0) is 10.0 Å². The lowest BCUT2D eigenvalue weighted by molar-refractivity contribution is 0.564. The van der Waals surface area contributed by atoms with E-state index in [0.717, 1.165) is 30.2 Å². The van der Waals surface area contributed by atoms with Crippen LogP contribution in [0.25, 0.3) is 10.9 Å². The standard InChI is InChI=1S/C18H22N2O2S/c1-13-11-16-9-6-10-19-18(16)17(12-13)23(21,22)20-14(2)15-7-4-3-5-8-15/h6-7,9-12,14,20H,3-5,8H2,1-2H3. The topological polar surface area (TPSA) is 59.1 Å².